The van der Waals surface area contributed by atoms with Gasteiger partial charge < -0.3 is 9.47 Å². The highest BCUT2D eigenvalue weighted by Gasteiger charge is 2.27. The van der Waals surface area contributed by atoms with Crippen molar-refractivity contribution in [1.29, 1.82) is 0 Å². The lowest BCUT2D eigenvalue weighted by molar-refractivity contribution is 0.296. The van der Waals surface area contributed by atoms with Gasteiger partial charge in [0, 0.05) is 16.8 Å². The van der Waals surface area contributed by atoms with Gasteiger partial charge in [0.15, 0.2) is 11.5 Å². The summed E-state index contributed by atoms with van der Waals surface area (Å²) >= 11 is 0. The number of nitrogens with one attached hydrogen (secondary N) is 3. The van der Waals surface area contributed by atoms with Gasteiger partial charge in [0.1, 0.15) is 21.3 Å². The van der Waals surface area contributed by atoms with Gasteiger partial charge >= 0.3 is 0 Å². The molecule has 376 valence electrons. The first-order chi connectivity index (χ1) is 32.7. The number of fused-ring (bicyclic) bond motifs is 1. The molecular weight excluding hydrogens is 893 g/mol. The van der Waals surface area contributed by atoms with Gasteiger partial charge in [-0.25, -0.2) is 21.8 Å². The third-order valence-corrected chi connectivity index (χ3v) is 15.5. The largest absolute Gasteiger partial charge is 0.492 e. The Bertz CT molecular complexity index is 2530. The minimum absolute atomic E-state index is 0.0151. The Hall–Kier alpha value is -4.56. The molecule has 0 saturated heterocycles. The fraction of sp³-hybridized carbons (Fsp3) is 0.593. The molecule has 0 bridgehead atoms. The molecule has 12 nitrogen and oxygen atoms in total. The molecule has 3 N–H and O–H groups in total. The Balaban J connectivity index is 1.29. The number of unbranched alkanes of at least 4 members (excludes halogenated alkanes) is 20. The molecular formula is C54H82N6O6S2. The maximum Gasteiger partial charge on any atom is 0.265 e. The predicted molar refractivity (Wildman–Crippen MR) is 279 cm³/mol. The number of aromatic amines is 1. The molecule has 0 fully saturated rings. The Labute approximate surface area is 409 Å². The SMILES string of the molecule is CCCCCCCCCCCCCCCCCCOc1ccc(NS(=O)(=O)c2cc(C)ccc2OCCCCCCCC)cc1S(=O)(=O)Nc1ccc(C)cc1-c1nc2c(C)c(C(C)C)[nH]n2n1. The highest BCUT2D eigenvalue weighted by molar-refractivity contribution is 7.93. The first-order valence-electron chi connectivity index (χ1n) is 25.9. The van der Waals surface area contributed by atoms with Crippen molar-refractivity contribution >= 4 is 37.1 Å². The van der Waals surface area contributed by atoms with E-state index in [1.165, 1.54) is 121 Å². The van der Waals surface area contributed by atoms with Gasteiger partial charge in [-0.2, -0.15) is 4.63 Å². The topological polar surface area (TPSA) is 157 Å². The molecule has 2 heterocycles. The minimum Gasteiger partial charge on any atom is -0.492 e. The second kappa shape index (κ2) is 27.6. The van der Waals surface area contributed by atoms with Crippen molar-refractivity contribution in [2.24, 2.45) is 0 Å². The van der Waals surface area contributed by atoms with E-state index < -0.39 is 20.0 Å². The van der Waals surface area contributed by atoms with Crippen molar-refractivity contribution in [2.75, 3.05) is 22.7 Å². The maximum atomic E-state index is 14.6. The van der Waals surface area contributed by atoms with Gasteiger partial charge in [-0.1, -0.05) is 174 Å². The summed E-state index contributed by atoms with van der Waals surface area (Å²) in [6, 6.07) is 14.8. The molecule has 0 atom stereocenters. The van der Waals surface area contributed by atoms with Crippen molar-refractivity contribution in [2.45, 2.75) is 205 Å². The van der Waals surface area contributed by atoms with Crippen molar-refractivity contribution in [1.82, 2.24) is 19.8 Å². The molecule has 0 radical (unpaired) electrons. The van der Waals surface area contributed by atoms with E-state index in [-0.39, 0.29) is 38.6 Å². The smallest absolute Gasteiger partial charge is 0.265 e. The summed E-state index contributed by atoms with van der Waals surface area (Å²) in [5, 5.41) is 8.03. The summed E-state index contributed by atoms with van der Waals surface area (Å²) in [6.07, 6.45) is 26.5. The van der Waals surface area contributed by atoms with Gasteiger partial charge in [-0.05, 0) is 87.6 Å². The second-order valence-corrected chi connectivity index (χ2v) is 22.4. The average Bonchev–Trinajstić information content (AvgIpc) is 3.87. The van der Waals surface area contributed by atoms with E-state index in [9.17, 15) is 16.8 Å². The number of aryl methyl sites for hydroxylation is 3. The summed E-state index contributed by atoms with van der Waals surface area (Å²) < 4.78 is 76.9. The van der Waals surface area contributed by atoms with E-state index in [1.54, 1.807) is 22.8 Å². The highest BCUT2D eigenvalue weighted by Crippen LogP contribution is 2.35. The molecule has 5 rings (SSSR count). The Kier molecular flexibility index (Phi) is 22.1. The van der Waals surface area contributed by atoms with Crippen LogP contribution in [0.15, 0.2) is 64.4 Å². The molecule has 68 heavy (non-hydrogen) atoms. The number of benzene rings is 3. The Morgan fingerprint density at radius 3 is 1.54 bits per heavy atom. The molecule has 5 aromatic rings. The summed E-state index contributed by atoms with van der Waals surface area (Å²) in [5.74, 6) is 0.965. The third-order valence-electron chi connectivity index (χ3n) is 12.7. The van der Waals surface area contributed by atoms with Gasteiger partial charge in [0.25, 0.3) is 20.0 Å². The fourth-order valence-electron chi connectivity index (χ4n) is 8.71. The molecule has 0 aliphatic carbocycles. The van der Waals surface area contributed by atoms with E-state index in [4.69, 9.17) is 19.6 Å². The van der Waals surface area contributed by atoms with Gasteiger partial charge in [0.05, 0.1) is 24.6 Å². The molecule has 0 saturated carbocycles. The summed E-state index contributed by atoms with van der Waals surface area (Å²) in [4.78, 5) is 4.61. The zero-order valence-corrected chi connectivity index (χ0v) is 44.0. The van der Waals surface area contributed by atoms with Gasteiger partial charge in [0.2, 0.25) is 0 Å². The second-order valence-electron chi connectivity index (χ2n) is 19.1. The van der Waals surface area contributed by atoms with Gasteiger partial charge in [-0.15, -0.1) is 5.10 Å². The van der Waals surface area contributed by atoms with Crippen LogP contribution in [0.3, 0.4) is 0 Å². The number of sulfonamides is 2. The van der Waals surface area contributed by atoms with Crippen LogP contribution in [-0.2, 0) is 20.0 Å². The van der Waals surface area contributed by atoms with E-state index in [2.05, 4.69) is 42.2 Å². The van der Waals surface area contributed by atoms with Crippen molar-refractivity contribution in [3.63, 3.8) is 0 Å². The van der Waals surface area contributed by atoms with Crippen LogP contribution in [0.1, 0.15) is 197 Å². The minimum atomic E-state index is -4.39. The number of H-pyrrole nitrogens is 1. The number of hydrogen-bond acceptors (Lipinski definition) is 8. The maximum absolute atomic E-state index is 14.6. The normalized spacial score (nSPS) is 12.1. The van der Waals surface area contributed by atoms with Crippen LogP contribution in [-0.4, -0.2) is 49.9 Å². The first kappa shape index (κ1) is 54.4. The van der Waals surface area contributed by atoms with Crippen molar-refractivity contribution in [3.8, 4) is 22.9 Å². The van der Waals surface area contributed by atoms with Crippen LogP contribution in [0.4, 0.5) is 11.4 Å². The van der Waals surface area contributed by atoms with E-state index in [1.807, 2.05) is 39.0 Å². The molecule has 0 aliphatic rings. The van der Waals surface area contributed by atoms with E-state index in [0.29, 0.717) is 30.2 Å². The number of ether oxygens (including phenoxy) is 2. The molecule has 0 amide bonds. The standard InChI is InChI=1S/C54H82N6O6S2/c1-8-10-12-14-16-17-18-19-20-21-22-23-24-25-27-29-37-66-49-35-32-45(58-67(61,62)50-39-43(6)31-34-48(50)65-36-28-26-15-13-11-9-2)40-51(49)68(63,64)59-47-33-30-42(5)38-46(47)53-55-54-44(7)52(41(3)4)56-60(54)57-53/h30-35,38-41,56,58-59H,8-29,36-37H2,1-7H3. The molecule has 14 heteroatoms. The van der Waals surface area contributed by atoms with Crippen LogP contribution in [0.2, 0.25) is 0 Å². The van der Waals surface area contributed by atoms with Crippen LogP contribution in [0.25, 0.3) is 17.0 Å². The lowest BCUT2D eigenvalue weighted by Crippen LogP contribution is -2.18. The zero-order chi connectivity index (χ0) is 48.9. The van der Waals surface area contributed by atoms with Crippen molar-refractivity contribution in [3.05, 3.63) is 77.0 Å². The lowest BCUT2D eigenvalue weighted by atomic mass is 10.0. The van der Waals surface area contributed by atoms with Crippen LogP contribution in [0.5, 0.6) is 11.5 Å². The lowest BCUT2D eigenvalue weighted by Gasteiger charge is -2.18. The Morgan fingerprint density at radius 1 is 0.574 bits per heavy atom. The third kappa shape index (κ3) is 16.6. The van der Waals surface area contributed by atoms with Crippen molar-refractivity contribution < 1.29 is 26.3 Å². The molecule has 2 aromatic heterocycles. The van der Waals surface area contributed by atoms with Gasteiger partial charge in [-0.3, -0.25) is 14.5 Å². The van der Waals surface area contributed by atoms with Crippen LogP contribution >= 0.6 is 0 Å². The number of hydrogen-bond donors (Lipinski definition) is 3. The number of aromatic nitrogens is 4. The average molecular weight is 975 g/mol. The first-order valence-corrected chi connectivity index (χ1v) is 28.8. The fourth-order valence-corrected chi connectivity index (χ4v) is 11.2. The molecule has 0 aliphatic heterocycles. The van der Waals surface area contributed by atoms with Crippen LogP contribution < -0.4 is 18.9 Å². The Morgan fingerprint density at radius 2 is 1.03 bits per heavy atom. The number of anilines is 2. The van der Waals surface area contributed by atoms with E-state index in [0.717, 1.165) is 60.9 Å². The summed E-state index contributed by atoms with van der Waals surface area (Å²) in [7, 11) is -8.61. The quantitative estimate of drug-likeness (QED) is 0.0344. The predicted octanol–water partition coefficient (Wildman–Crippen LogP) is 14.8. The number of rotatable bonds is 34. The summed E-state index contributed by atoms with van der Waals surface area (Å²) in [6.45, 7) is 15.1. The van der Waals surface area contributed by atoms with Crippen LogP contribution in [0, 0.1) is 20.8 Å². The number of nitrogens with zero attached hydrogens (tertiary/aromatic N) is 3. The molecule has 0 unspecified atom stereocenters. The van der Waals surface area contributed by atoms with E-state index >= 15 is 0 Å². The molecule has 0 spiro atoms. The zero-order valence-electron chi connectivity index (χ0n) is 42.4. The summed E-state index contributed by atoms with van der Waals surface area (Å²) in [5.41, 5.74) is 5.13. The monoisotopic (exact) mass is 975 g/mol. The highest BCUT2D eigenvalue weighted by atomic mass is 32.2. The molecule has 3 aromatic carbocycles.